The van der Waals surface area contributed by atoms with Crippen molar-refractivity contribution in [2.24, 2.45) is 0 Å². The third-order valence-corrected chi connectivity index (χ3v) is 9.36. The summed E-state index contributed by atoms with van der Waals surface area (Å²) in [4.78, 5) is 33.0. The predicted octanol–water partition coefficient (Wildman–Crippen LogP) is 10.1. The van der Waals surface area contributed by atoms with Crippen molar-refractivity contribution >= 4 is 33.3 Å². The molecule has 0 aliphatic rings. The molecule has 2 N–H and O–H groups in total. The first-order valence-electron chi connectivity index (χ1n) is 16.8. The molecule has 0 saturated heterocycles. The summed E-state index contributed by atoms with van der Waals surface area (Å²) in [6.07, 6.45) is 18.2. The molecule has 7 heteroatoms. The standard InChI is InChI=1S/C37H49N3O3S/c1-3-5-7-8-9-10-11-12-13-14-15-19-26-31-33(28-22-17-16-18-23-28)38-37(44-31)39-35(42)32-34(41)29-24-20-21-25-30(29)40(36(32)43)27-6-4-2/h16-18,20-25,41H,3-15,19,26-27H2,1-2H3,(H,38,39,42). The van der Waals surface area contributed by atoms with Crippen LogP contribution >= 0.6 is 11.3 Å². The number of hydrogen-bond donors (Lipinski definition) is 2. The molecule has 4 rings (SSSR count). The molecule has 0 aliphatic heterocycles. The summed E-state index contributed by atoms with van der Waals surface area (Å²) >= 11 is 1.46. The minimum Gasteiger partial charge on any atom is -0.506 e. The van der Waals surface area contributed by atoms with Gasteiger partial charge in [-0.2, -0.15) is 0 Å². The lowest BCUT2D eigenvalue weighted by molar-refractivity contribution is 0.102. The van der Waals surface area contributed by atoms with Gasteiger partial charge in [-0.25, -0.2) is 4.98 Å². The molecular weight excluding hydrogens is 566 g/mol. The number of pyridine rings is 1. The van der Waals surface area contributed by atoms with Crippen LogP contribution in [0.25, 0.3) is 22.2 Å². The molecule has 0 atom stereocenters. The topological polar surface area (TPSA) is 84.2 Å². The second-order valence-electron chi connectivity index (χ2n) is 11.8. The number of nitrogens with zero attached hydrogens (tertiary/aromatic N) is 2. The lowest BCUT2D eigenvalue weighted by Crippen LogP contribution is -2.30. The maximum Gasteiger partial charge on any atom is 0.267 e. The Balaban J connectivity index is 1.42. The third kappa shape index (κ3) is 9.04. The second kappa shape index (κ2) is 17.7. The largest absolute Gasteiger partial charge is 0.506 e. The summed E-state index contributed by atoms with van der Waals surface area (Å²) in [5.41, 5.74) is 1.79. The first kappa shape index (κ1) is 33.4. The van der Waals surface area contributed by atoms with Gasteiger partial charge in [0.25, 0.3) is 11.5 Å². The summed E-state index contributed by atoms with van der Waals surface area (Å²) in [6, 6.07) is 17.2. The van der Waals surface area contributed by atoms with Crippen molar-refractivity contribution in [2.75, 3.05) is 5.32 Å². The van der Waals surface area contributed by atoms with Gasteiger partial charge in [-0.3, -0.25) is 14.9 Å². The van der Waals surface area contributed by atoms with Gasteiger partial charge in [-0.1, -0.05) is 133 Å². The SMILES string of the molecule is CCCCCCCCCCCCCCc1sc(NC(=O)c2c(O)c3ccccc3n(CCCC)c2=O)nc1-c1ccccc1. The van der Waals surface area contributed by atoms with Gasteiger partial charge in [0.1, 0.15) is 11.3 Å². The molecule has 0 fully saturated rings. The van der Waals surface area contributed by atoms with E-state index >= 15 is 0 Å². The molecule has 0 bridgehead atoms. The Morgan fingerprint density at radius 1 is 0.795 bits per heavy atom. The van der Waals surface area contributed by atoms with Crippen molar-refractivity contribution < 1.29 is 9.90 Å². The number of fused-ring (bicyclic) bond motifs is 1. The predicted molar refractivity (Wildman–Crippen MR) is 185 cm³/mol. The van der Waals surface area contributed by atoms with Crippen LogP contribution in [-0.4, -0.2) is 20.6 Å². The Hall–Kier alpha value is -3.45. The van der Waals surface area contributed by atoms with Crippen LogP contribution in [0.2, 0.25) is 0 Å². The minimum absolute atomic E-state index is 0.237. The fourth-order valence-electron chi connectivity index (χ4n) is 5.81. The fourth-order valence-corrected chi connectivity index (χ4v) is 6.84. The molecule has 2 aromatic heterocycles. The van der Waals surface area contributed by atoms with E-state index in [1.807, 2.05) is 42.5 Å². The van der Waals surface area contributed by atoms with Crippen molar-refractivity contribution in [3.8, 4) is 17.0 Å². The molecule has 0 saturated carbocycles. The van der Waals surface area contributed by atoms with Crippen molar-refractivity contribution in [3.63, 3.8) is 0 Å². The van der Waals surface area contributed by atoms with Gasteiger partial charge in [-0.15, -0.1) is 11.3 Å². The number of carbonyl (C=O) groups is 1. The van der Waals surface area contributed by atoms with Crippen LogP contribution in [0.15, 0.2) is 59.4 Å². The summed E-state index contributed by atoms with van der Waals surface area (Å²) in [7, 11) is 0. The molecule has 2 heterocycles. The van der Waals surface area contributed by atoms with Crippen LogP contribution in [-0.2, 0) is 13.0 Å². The number of thiazole rings is 1. The number of para-hydroxylation sites is 1. The first-order chi connectivity index (χ1) is 21.5. The van der Waals surface area contributed by atoms with Crippen molar-refractivity contribution in [3.05, 3.63) is 75.4 Å². The number of amides is 1. The van der Waals surface area contributed by atoms with Crippen LogP contribution in [0.3, 0.4) is 0 Å². The minimum atomic E-state index is -0.631. The number of carbonyl (C=O) groups excluding carboxylic acids is 1. The van der Waals surface area contributed by atoms with Crippen LogP contribution in [0.1, 0.15) is 119 Å². The maximum absolute atomic E-state index is 13.5. The Morgan fingerprint density at radius 3 is 2.05 bits per heavy atom. The van der Waals surface area contributed by atoms with E-state index in [1.54, 1.807) is 16.7 Å². The number of aromatic hydroxyl groups is 1. The van der Waals surface area contributed by atoms with E-state index in [-0.39, 0.29) is 11.3 Å². The lowest BCUT2D eigenvalue weighted by Gasteiger charge is -2.14. The van der Waals surface area contributed by atoms with Gasteiger partial charge < -0.3 is 9.67 Å². The number of hydrogen-bond acceptors (Lipinski definition) is 5. The Labute approximate surface area is 266 Å². The molecule has 0 aliphatic carbocycles. The Bertz CT molecular complexity index is 1530. The number of aryl methyl sites for hydroxylation is 2. The Morgan fingerprint density at radius 2 is 1.39 bits per heavy atom. The molecule has 236 valence electrons. The number of anilines is 1. The highest BCUT2D eigenvalue weighted by Gasteiger charge is 2.24. The van der Waals surface area contributed by atoms with Gasteiger partial charge in [-0.05, 0) is 31.4 Å². The quantitative estimate of drug-likeness (QED) is 0.103. The second-order valence-corrected chi connectivity index (χ2v) is 12.9. The monoisotopic (exact) mass is 615 g/mol. The van der Waals surface area contributed by atoms with Crippen molar-refractivity contribution in [1.82, 2.24) is 9.55 Å². The summed E-state index contributed by atoms with van der Waals surface area (Å²) in [5, 5.41) is 14.8. The van der Waals surface area contributed by atoms with Crippen molar-refractivity contribution in [2.45, 2.75) is 117 Å². The molecule has 0 spiro atoms. The molecule has 2 aromatic carbocycles. The zero-order valence-corrected chi connectivity index (χ0v) is 27.4. The lowest BCUT2D eigenvalue weighted by atomic mass is 10.0. The van der Waals surface area contributed by atoms with Gasteiger partial charge in [0, 0.05) is 22.4 Å². The van der Waals surface area contributed by atoms with E-state index in [0.29, 0.717) is 22.6 Å². The van der Waals surface area contributed by atoms with Gasteiger partial charge in [0.2, 0.25) is 0 Å². The highest BCUT2D eigenvalue weighted by atomic mass is 32.1. The molecule has 0 radical (unpaired) electrons. The first-order valence-corrected chi connectivity index (χ1v) is 17.6. The van der Waals surface area contributed by atoms with E-state index in [1.165, 1.54) is 82.0 Å². The molecule has 0 unspecified atom stereocenters. The number of rotatable bonds is 19. The molecular formula is C37H49N3O3S. The zero-order chi connectivity index (χ0) is 31.1. The highest BCUT2D eigenvalue weighted by Crippen LogP contribution is 2.34. The van der Waals surface area contributed by atoms with E-state index in [4.69, 9.17) is 4.98 Å². The summed E-state index contributed by atoms with van der Waals surface area (Å²) < 4.78 is 1.60. The fraction of sp³-hybridized carbons (Fsp3) is 0.486. The van der Waals surface area contributed by atoms with Gasteiger partial charge in [0.15, 0.2) is 5.13 Å². The van der Waals surface area contributed by atoms with Gasteiger partial charge in [0.05, 0.1) is 11.2 Å². The average molecular weight is 616 g/mol. The third-order valence-electron chi connectivity index (χ3n) is 8.33. The van der Waals surface area contributed by atoms with Crippen LogP contribution in [0.5, 0.6) is 5.75 Å². The van der Waals surface area contributed by atoms with Crippen LogP contribution in [0.4, 0.5) is 5.13 Å². The van der Waals surface area contributed by atoms with Crippen LogP contribution in [0, 0.1) is 0 Å². The van der Waals surface area contributed by atoms with E-state index < -0.39 is 11.5 Å². The normalized spacial score (nSPS) is 11.3. The molecule has 6 nitrogen and oxygen atoms in total. The number of unbranched alkanes of at least 4 members (excludes halogenated alkanes) is 12. The molecule has 44 heavy (non-hydrogen) atoms. The van der Waals surface area contributed by atoms with Crippen molar-refractivity contribution in [1.29, 1.82) is 0 Å². The molecule has 4 aromatic rings. The van der Waals surface area contributed by atoms with E-state index in [9.17, 15) is 14.7 Å². The number of aromatic nitrogens is 2. The van der Waals surface area contributed by atoms with E-state index in [2.05, 4.69) is 19.2 Å². The molecule has 1 amide bonds. The maximum atomic E-state index is 13.5. The number of nitrogens with one attached hydrogen (secondary N) is 1. The zero-order valence-electron chi connectivity index (χ0n) is 26.6. The Kier molecular flexibility index (Phi) is 13.5. The van der Waals surface area contributed by atoms with E-state index in [0.717, 1.165) is 41.8 Å². The summed E-state index contributed by atoms with van der Waals surface area (Å²) in [5.74, 6) is -0.916. The highest BCUT2D eigenvalue weighted by molar-refractivity contribution is 7.16. The smallest absolute Gasteiger partial charge is 0.267 e. The summed E-state index contributed by atoms with van der Waals surface area (Å²) in [6.45, 7) is 4.80. The number of benzene rings is 2. The van der Waals surface area contributed by atoms with Crippen LogP contribution < -0.4 is 10.9 Å². The average Bonchev–Trinajstić information content (AvgIpc) is 3.44. The van der Waals surface area contributed by atoms with Gasteiger partial charge >= 0.3 is 0 Å².